The summed E-state index contributed by atoms with van der Waals surface area (Å²) in [5.74, 6) is 0.755. The summed E-state index contributed by atoms with van der Waals surface area (Å²) in [4.78, 5) is 11.5. The summed E-state index contributed by atoms with van der Waals surface area (Å²) < 4.78 is 5.82. The second-order valence-electron chi connectivity index (χ2n) is 4.80. The van der Waals surface area contributed by atoms with Crippen LogP contribution in [0, 0.1) is 5.92 Å². The Balaban J connectivity index is 2.32. The van der Waals surface area contributed by atoms with Crippen LogP contribution in [0.3, 0.4) is 0 Å². The Bertz CT molecular complexity index is 232. The first kappa shape index (κ1) is 8.24. The molecule has 68 valence electrons. The van der Waals surface area contributed by atoms with Crippen LogP contribution in [0.25, 0.3) is 0 Å². The molecule has 2 heterocycles. The molecule has 2 nitrogen and oxygen atoms in total. The highest BCUT2D eigenvalue weighted by Gasteiger charge is 2.53. The molecule has 3 aliphatic rings. The molecule has 0 amide bonds. The fourth-order valence-electron chi connectivity index (χ4n) is 2.50. The van der Waals surface area contributed by atoms with Crippen LogP contribution >= 0.6 is 0 Å². The highest BCUT2D eigenvalue weighted by molar-refractivity contribution is 5.88. The van der Waals surface area contributed by atoms with Crippen LogP contribution in [0.5, 0.6) is 0 Å². The van der Waals surface area contributed by atoms with Gasteiger partial charge in [-0.25, -0.2) is 0 Å². The summed E-state index contributed by atoms with van der Waals surface area (Å²) in [5.41, 5.74) is -0.542. The Kier molecular flexibility index (Phi) is 1.45. The van der Waals surface area contributed by atoms with Crippen molar-refractivity contribution in [2.24, 2.45) is 5.92 Å². The third-order valence-electron chi connectivity index (χ3n) is 3.46. The smallest absolute Gasteiger partial charge is 0.164 e. The number of hydrogen-bond donors (Lipinski definition) is 0. The second kappa shape index (κ2) is 2.11. The van der Waals surface area contributed by atoms with E-state index in [1.165, 1.54) is 0 Å². The lowest BCUT2D eigenvalue weighted by Gasteiger charge is -2.52. The average molecular weight is 168 g/mol. The number of carbonyl (C=O) groups is 1. The number of fused-ring (bicyclic) bond motifs is 3. The molecule has 1 saturated carbocycles. The summed E-state index contributed by atoms with van der Waals surface area (Å²) in [5, 5.41) is 0. The first-order chi connectivity index (χ1) is 5.44. The quantitative estimate of drug-likeness (QED) is 0.552. The first-order valence-electron chi connectivity index (χ1n) is 4.67. The van der Waals surface area contributed by atoms with E-state index in [9.17, 15) is 4.79 Å². The molecule has 1 unspecified atom stereocenters. The lowest BCUT2D eigenvalue weighted by Crippen LogP contribution is -2.59. The summed E-state index contributed by atoms with van der Waals surface area (Å²) in [6, 6.07) is 0. The standard InChI is InChI=1S/C10H16O2/c1-9(2)7-4-5-10(3,12-9)8(11)6-7/h7H,4-6H2,1-3H3/t7?,10-/m1/s1. The molecule has 3 fully saturated rings. The van der Waals surface area contributed by atoms with Gasteiger partial charge in [-0.05, 0) is 39.5 Å². The van der Waals surface area contributed by atoms with E-state index in [0.29, 0.717) is 11.7 Å². The molecule has 0 aromatic rings. The second-order valence-corrected chi connectivity index (χ2v) is 4.80. The third-order valence-corrected chi connectivity index (χ3v) is 3.46. The van der Waals surface area contributed by atoms with Crippen molar-refractivity contribution in [3.63, 3.8) is 0 Å². The fraction of sp³-hybridized carbons (Fsp3) is 0.900. The molecule has 2 saturated heterocycles. The number of hydrogen-bond acceptors (Lipinski definition) is 2. The molecule has 0 aromatic heterocycles. The van der Waals surface area contributed by atoms with Crippen LogP contribution < -0.4 is 0 Å². The van der Waals surface area contributed by atoms with Gasteiger partial charge in [-0.2, -0.15) is 0 Å². The molecule has 3 rings (SSSR count). The largest absolute Gasteiger partial charge is 0.361 e. The van der Waals surface area contributed by atoms with Gasteiger partial charge >= 0.3 is 0 Å². The van der Waals surface area contributed by atoms with Gasteiger partial charge in [0.2, 0.25) is 0 Å². The molecule has 0 aromatic carbocycles. The summed E-state index contributed by atoms with van der Waals surface area (Å²) >= 11 is 0. The highest BCUT2D eigenvalue weighted by Crippen LogP contribution is 2.47. The van der Waals surface area contributed by atoms with Crippen molar-refractivity contribution in [1.82, 2.24) is 0 Å². The van der Waals surface area contributed by atoms with Gasteiger partial charge in [-0.1, -0.05) is 0 Å². The van der Waals surface area contributed by atoms with Gasteiger partial charge in [0.05, 0.1) is 5.60 Å². The predicted octanol–water partition coefficient (Wildman–Crippen LogP) is 1.92. The van der Waals surface area contributed by atoms with E-state index >= 15 is 0 Å². The maximum atomic E-state index is 11.5. The van der Waals surface area contributed by atoms with E-state index in [0.717, 1.165) is 19.3 Å². The summed E-state index contributed by atoms with van der Waals surface area (Å²) in [6.07, 6.45) is 2.79. The van der Waals surface area contributed by atoms with Crippen LogP contribution in [0.4, 0.5) is 0 Å². The van der Waals surface area contributed by atoms with E-state index in [2.05, 4.69) is 13.8 Å². The summed E-state index contributed by atoms with van der Waals surface area (Å²) in [6.45, 7) is 6.13. The van der Waals surface area contributed by atoms with Gasteiger partial charge < -0.3 is 4.74 Å². The van der Waals surface area contributed by atoms with Crippen molar-refractivity contribution in [2.45, 2.75) is 51.2 Å². The third kappa shape index (κ3) is 0.939. The van der Waals surface area contributed by atoms with Gasteiger partial charge in [0.15, 0.2) is 5.78 Å². The van der Waals surface area contributed by atoms with Gasteiger partial charge in [-0.15, -0.1) is 0 Å². The van der Waals surface area contributed by atoms with Crippen LogP contribution in [-0.2, 0) is 9.53 Å². The zero-order valence-corrected chi connectivity index (χ0v) is 8.02. The molecule has 2 aliphatic heterocycles. The van der Waals surface area contributed by atoms with Gasteiger partial charge in [0.25, 0.3) is 0 Å². The maximum Gasteiger partial charge on any atom is 0.164 e. The molecule has 2 heteroatoms. The van der Waals surface area contributed by atoms with Crippen LogP contribution in [0.1, 0.15) is 40.0 Å². The molecule has 12 heavy (non-hydrogen) atoms. The Morgan fingerprint density at radius 1 is 1.42 bits per heavy atom. The molecular weight excluding hydrogens is 152 g/mol. The van der Waals surface area contributed by atoms with Crippen LogP contribution in [-0.4, -0.2) is 17.0 Å². The molecule has 0 radical (unpaired) electrons. The van der Waals surface area contributed by atoms with Crippen LogP contribution in [0.15, 0.2) is 0 Å². The normalized spacial score (nSPS) is 44.9. The Labute approximate surface area is 73.3 Å². The number of Topliss-reactive ketones (excluding diaryl/α,β-unsaturated/α-hetero) is 1. The first-order valence-corrected chi connectivity index (χ1v) is 4.67. The number of ketones is 1. The van der Waals surface area contributed by atoms with E-state index in [1.54, 1.807) is 0 Å². The SMILES string of the molecule is CC1(C)O[C@]2(C)CCC1CC2=O. The van der Waals surface area contributed by atoms with Gasteiger partial charge in [0.1, 0.15) is 5.60 Å². The van der Waals surface area contributed by atoms with Crippen molar-refractivity contribution in [2.75, 3.05) is 0 Å². The van der Waals surface area contributed by atoms with Crippen molar-refractivity contribution < 1.29 is 9.53 Å². The average Bonchev–Trinajstić information content (AvgIpc) is 1.91. The number of rotatable bonds is 0. The van der Waals surface area contributed by atoms with E-state index < -0.39 is 5.60 Å². The highest BCUT2D eigenvalue weighted by atomic mass is 16.5. The minimum atomic E-state index is -0.460. The molecule has 1 aliphatic carbocycles. The molecule has 0 spiro atoms. The molecule has 0 N–H and O–H groups in total. The van der Waals surface area contributed by atoms with Crippen molar-refractivity contribution in [3.05, 3.63) is 0 Å². The number of carbonyl (C=O) groups excluding carboxylic acids is 1. The topological polar surface area (TPSA) is 26.3 Å². The Morgan fingerprint density at radius 2 is 2.08 bits per heavy atom. The molecular formula is C10H16O2. The lowest BCUT2D eigenvalue weighted by molar-refractivity contribution is -0.220. The predicted molar refractivity (Wildman–Crippen MR) is 45.9 cm³/mol. The zero-order valence-electron chi connectivity index (χ0n) is 8.02. The Morgan fingerprint density at radius 3 is 2.42 bits per heavy atom. The van der Waals surface area contributed by atoms with Gasteiger partial charge in [0, 0.05) is 6.42 Å². The maximum absolute atomic E-state index is 11.5. The van der Waals surface area contributed by atoms with E-state index in [-0.39, 0.29) is 5.60 Å². The van der Waals surface area contributed by atoms with Crippen molar-refractivity contribution in [1.29, 1.82) is 0 Å². The van der Waals surface area contributed by atoms with Gasteiger partial charge in [-0.3, -0.25) is 4.79 Å². The molecule has 2 atom stereocenters. The zero-order chi connectivity index (χ0) is 8.98. The van der Waals surface area contributed by atoms with Crippen molar-refractivity contribution >= 4 is 5.78 Å². The minimum absolute atomic E-state index is 0.0824. The molecule has 2 bridgehead atoms. The van der Waals surface area contributed by atoms with E-state index in [4.69, 9.17) is 4.74 Å². The van der Waals surface area contributed by atoms with E-state index in [1.807, 2.05) is 6.92 Å². The van der Waals surface area contributed by atoms with Crippen LogP contribution in [0.2, 0.25) is 0 Å². The summed E-state index contributed by atoms with van der Waals surface area (Å²) in [7, 11) is 0. The Hall–Kier alpha value is -0.370. The number of ether oxygens (including phenoxy) is 1. The monoisotopic (exact) mass is 168 g/mol. The fourth-order valence-corrected chi connectivity index (χ4v) is 2.50. The van der Waals surface area contributed by atoms with Crippen molar-refractivity contribution in [3.8, 4) is 0 Å². The lowest BCUT2D eigenvalue weighted by atomic mass is 9.68. The minimum Gasteiger partial charge on any atom is -0.361 e.